The second kappa shape index (κ2) is 8.67. The zero-order valence-corrected chi connectivity index (χ0v) is 14.4. The third-order valence-electron chi connectivity index (χ3n) is 2.81. The second-order valence-electron chi connectivity index (χ2n) is 4.99. The fourth-order valence-corrected chi connectivity index (χ4v) is 2.20. The SMILES string of the molecule is CN(C)CCCNC(=S)N(C)Cc1ccc(Cl)c(Cl)c1. The highest BCUT2D eigenvalue weighted by molar-refractivity contribution is 7.80. The molecular formula is C14H21Cl2N3S. The van der Waals surface area contributed by atoms with E-state index in [0.29, 0.717) is 16.6 Å². The topological polar surface area (TPSA) is 18.5 Å². The third-order valence-corrected chi connectivity index (χ3v) is 4.00. The second-order valence-corrected chi connectivity index (χ2v) is 6.19. The molecule has 0 radical (unpaired) electrons. The van der Waals surface area contributed by atoms with Crippen LogP contribution in [-0.2, 0) is 6.54 Å². The monoisotopic (exact) mass is 333 g/mol. The van der Waals surface area contributed by atoms with Crippen LogP contribution in [0.5, 0.6) is 0 Å². The van der Waals surface area contributed by atoms with Crippen molar-refractivity contribution in [3.8, 4) is 0 Å². The van der Waals surface area contributed by atoms with Gasteiger partial charge in [0.1, 0.15) is 0 Å². The fraction of sp³-hybridized carbons (Fsp3) is 0.500. The lowest BCUT2D eigenvalue weighted by Gasteiger charge is -2.21. The number of rotatable bonds is 6. The lowest BCUT2D eigenvalue weighted by molar-refractivity contribution is 0.397. The van der Waals surface area contributed by atoms with Gasteiger partial charge in [-0.2, -0.15) is 0 Å². The Morgan fingerprint density at radius 2 is 1.90 bits per heavy atom. The van der Waals surface area contributed by atoms with Crippen LogP contribution in [0, 0.1) is 0 Å². The summed E-state index contributed by atoms with van der Waals surface area (Å²) in [5.41, 5.74) is 1.08. The Labute approximate surface area is 136 Å². The molecule has 1 N–H and O–H groups in total. The van der Waals surface area contributed by atoms with E-state index < -0.39 is 0 Å². The van der Waals surface area contributed by atoms with Crippen molar-refractivity contribution in [2.45, 2.75) is 13.0 Å². The first-order valence-electron chi connectivity index (χ1n) is 6.47. The van der Waals surface area contributed by atoms with Crippen molar-refractivity contribution in [2.24, 2.45) is 0 Å². The van der Waals surface area contributed by atoms with E-state index in [0.717, 1.165) is 30.2 Å². The van der Waals surface area contributed by atoms with Crippen molar-refractivity contribution >= 4 is 40.5 Å². The summed E-state index contributed by atoms with van der Waals surface area (Å²) in [5, 5.41) is 5.14. The number of benzene rings is 1. The van der Waals surface area contributed by atoms with Gasteiger partial charge in [0, 0.05) is 20.1 Å². The van der Waals surface area contributed by atoms with E-state index in [2.05, 4.69) is 24.3 Å². The highest BCUT2D eigenvalue weighted by Crippen LogP contribution is 2.23. The number of hydrogen-bond donors (Lipinski definition) is 1. The fourth-order valence-electron chi connectivity index (χ4n) is 1.71. The molecular weight excluding hydrogens is 313 g/mol. The van der Waals surface area contributed by atoms with E-state index >= 15 is 0 Å². The summed E-state index contributed by atoms with van der Waals surface area (Å²) in [4.78, 5) is 4.15. The smallest absolute Gasteiger partial charge is 0.168 e. The number of hydrogen-bond acceptors (Lipinski definition) is 2. The van der Waals surface area contributed by atoms with Crippen molar-refractivity contribution in [2.75, 3.05) is 34.2 Å². The van der Waals surface area contributed by atoms with Gasteiger partial charge < -0.3 is 15.1 Å². The van der Waals surface area contributed by atoms with Crippen LogP contribution in [0.1, 0.15) is 12.0 Å². The molecule has 1 aromatic carbocycles. The summed E-state index contributed by atoms with van der Waals surface area (Å²) in [6.07, 6.45) is 1.06. The molecule has 0 fully saturated rings. The number of halogens is 2. The van der Waals surface area contributed by atoms with E-state index in [1.54, 1.807) is 6.07 Å². The standard InChI is InChI=1S/C14H21Cl2N3S/c1-18(2)8-4-7-17-14(20)19(3)10-11-5-6-12(15)13(16)9-11/h5-6,9H,4,7-8,10H2,1-3H3,(H,17,20). The summed E-state index contributed by atoms with van der Waals surface area (Å²) in [6.45, 7) is 2.63. The largest absolute Gasteiger partial charge is 0.363 e. The summed E-state index contributed by atoms with van der Waals surface area (Å²) >= 11 is 17.3. The average molecular weight is 334 g/mol. The van der Waals surface area contributed by atoms with Gasteiger partial charge in [0.05, 0.1) is 10.0 Å². The maximum Gasteiger partial charge on any atom is 0.168 e. The predicted molar refractivity (Wildman–Crippen MR) is 91.7 cm³/mol. The Balaban J connectivity index is 2.39. The van der Waals surface area contributed by atoms with Crippen LogP contribution in [0.3, 0.4) is 0 Å². The zero-order valence-electron chi connectivity index (χ0n) is 12.1. The van der Waals surface area contributed by atoms with Crippen molar-refractivity contribution < 1.29 is 0 Å². The van der Waals surface area contributed by atoms with Crippen LogP contribution in [0.15, 0.2) is 18.2 Å². The molecule has 0 aliphatic rings. The van der Waals surface area contributed by atoms with E-state index in [1.807, 2.05) is 24.1 Å². The highest BCUT2D eigenvalue weighted by Gasteiger charge is 2.06. The van der Waals surface area contributed by atoms with Gasteiger partial charge in [0.25, 0.3) is 0 Å². The molecule has 0 aliphatic carbocycles. The Bertz CT molecular complexity index is 452. The van der Waals surface area contributed by atoms with E-state index in [9.17, 15) is 0 Å². The highest BCUT2D eigenvalue weighted by atomic mass is 35.5. The molecule has 0 heterocycles. The summed E-state index contributed by atoms with van der Waals surface area (Å²) in [6, 6.07) is 5.63. The number of nitrogens with zero attached hydrogens (tertiary/aromatic N) is 2. The minimum Gasteiger partial charge on any atom is -0.363 e. The molecule has 0 saturated heterocycles. The molecule has 0 bridgehead atoms. The summed E-state index contributed by atoms with van der Waals surface area (Å²) in [7, 11) is 6.09. The van der Waals surface area contributed by atoms with Gasteiger partial charge in [0.15, 0.2) is 5.11 Å². The quantitative estimate of drug-likeness (QED) is 0.636. The lowest BCUT2D eigenvalue weighted by atomic mass is 10.2. The van der Waals surface area contributed by atoms with Gasteiger partial charge in [-0.25, -0.2) is 0 Å². The Kier molecular flexibility index (Phi) is 7.59. The van der Waals surface area contributed by atoms with Crippen LogP contribution in [0.4, 0.5) is 0 Å². The number of nitrogens with one attached hydrogen (secondary N) is 1. The molecule has 0 aliphatic heterocycles. The first kappa shape index (κ1) is 17.5. The molecule has 112 valence electrons. The van der Waals surface area contributed by atoms with Crippen molar-refractivity contribution in [1.82, 2.24) is 15.1 Å². The van der Waals surface area contributed by atoms with Gasteiger partial charge in [-0.15, -0.1) is 0 Å². The Hall–Kier alpha value is -0.550. The van der Waals surface area contributed by atoms with Crippen molar-refractivity contribution in [3.63, 3.8) is 0 Å². The molecule has 0 aromatic heterocycles. The molecule has 0 unspecified atom stereocenters. The molecule has 1 rings (SSSR count). The van der Waals surface area contributed by atoms with Gasteiger partial charge in [-0.1, -0.05) is 29.3 Å². The van der Waals surface area contributed by atoms with E-state index in [4.69, 9.17) is 35.4 Å². The van der Waals surface area contributed by atoms with Crippen molar-refractivity contribution in [1.29, 1.82) is 0 Å². The molecule has 0 amide bonds. The average Bonchev–Trinajstić information content (AvgIpc) is 2.38. The number of thiocarbonyl (C=S) groups is 1. The van der Waals surface area contributed by atoms with Crippen LogP contribution in [-0.4, -0.2) is 49.1 Å². The Morgan fingerprint density at radius 3 is 2.50 bits per heavy atom. The summed E-state index contributed by atoms with van der Waals surface area (Å²) < 4.78 is 0. The molecule has 0 spiro atoms. The molecule has 1 aromatic rings. The van der Waals surface area contributed by atoms with Crippen LogP contribution in [0.2, 0.25) is 10.0 Å². The molecule has 20 heavy (non-hydrogen) atoms. The minimum absolute atomic E-state index is 0.572. The van der Waals surface area contributed by atoms with Crippen molar-refractivity contribution in [3.05, 3.63) is 33.8 Å². The zero-order chi connectivity index (χ0) is 15.1. The minimum atomic E-state index is 0.572. The van der Waals surface area contributed by atoms with Gasteiger partial charge in [-0.3, -0.25) is 0 Å². The van der Waals surface area contributed by atoms with Gasteiger partial charge in [0.2, 0.25) is 0 Å². The molecule has 0 saturated carbocycles. The normalized spacial score (nSPS) is 10.7. The van der Waals surface area contributed by atoms with Crippen LogP contribution >= 0.6 is 35.4 Å². The molecule has 3 nitrogen and oxygen atoms in total. The van der Waals surface area contributed by atoms with E-state index in [1.165, 1.54) is 0 Å². The summed E-state index contributed by atoms with van der Waals surface area (Å²) in [5.74, 6) is 0. The van der Waals surface area contributed by atoms with E-state index in [-0.39, 0.29) is 0 Å². The van der Waals surface area contributed by atoms with Crippen LogP contribution in [0.25, 0.3) is 0 Å². The maximum atomic E-state index is 6.01. The van der Waals surface area contributed by atoms with Crippen LogP contribution < -0.4 is 5.32 Å². The maximum absolute atomic E-state index is 6.01. The first-order chi connectivity index (χ1) is 9.40. The molecule has 6 heteroatoms. The Morgan fingerprint density at radius 1 is 1.20 bits per heavy atom. The third kappa shape index (κ3) is 6.27. The first-order valence-corrected chi connectivity index (χ1v) is 7.64. The molecule has 0 atom stereocenters. The van der Waals surface area contributed by atoms with Gasteiger partial charge >= 0.3 is 0 Å². The predicted octanol–water partition coefficient (Wildman–Crippen LogP) is 3.25. The lowest BCUT2D eigenvalue weighted by Crippen LogP contribution is -2.37. The van der Waals surface area contributed by atoms with Gasteiger partial charge in [-0.05, 0) is 57.0 Å².